The molecule has 196 valence electrons. The molecule has 2 aliphatic carbocycles. The average molecular weight is 526 g/mol. The lowest BCUT2D eigenvalue weighted by Gasteiger charge is -2.18. The number of aromatic amines is 1. The van der Waals surface area contributed by atoms with Crippen molar-refractivity contribution in [1.82, 2.24) is 35.0 Å². The summed E-state index contributed by atoms with van der Waals surface area (Å²) in [6.07, 6.45) is 9.62. The van der Waals surface area contributed by atoms with Crippen LogP contribution in [-0.4, -0.2) is 35.6 Å². The van der Waals surface area contributed by atoms with Gasteiger partial charge in [0.2, 0.25) is 0 Å². The number of benzene rings is 2. The number of H-pyrrole nitrogens is 1. The summed E-state index contributed by atoms with van der Waals surface area (Å²) in [5.74, 6) is 1.54. The molecule has 2 aromatic carbocycles. The lowest BCUT2D eigenvalue weighted by Crippen LogP contribution is -2.24. The molecule has 1 amide bonds. The molecule has 2 bridgehead atoms. The summed E-state index contributed by atoms with van der Waals surface area (Å²) in [4.78, 5) is 29.7. The number of fused-ring (bicyclic) bond motifs is 3. The smallest absolute Gasteiger partial charge is 0.272 e. The number of hydrogen-bond donors (Lipinski definition) is 2. The van der Waals surface area contributed by atoms with E-state index in [1.807, 2.05) is 0 Å². The van der Waals surface area contributed by atoms with Gasteiger partial charge in [0.25, 0.3) is 5.91 Å². The van der Waals surface area contributed by atoms with Gasteiger partial charge in [-0.1, -0.05) is 6.42 Å². The van der Waals surface area contributed by atoms with Crippen LogP contribution in [-0.2, 0) is 6.54 Å². The highest BCUT2D eigenvalue weighted by molar-refractivity contribution is 6.02. The molecular weight excluding hydrogens is 500 g/mol. The number of aromatic nitrogens is 6. The van der Waals surface area contributed by atoms with Crippen LogP contribution in [0.1, 0.15) is 53.5 Å². The molecule has 7 rings (SSSR count). The van der Waals surface area contributed by atoms with Crippen LogP contribution in [0.15, 0.2) is 61.2 Å². The van der Waals surface area contributed by atoms with Crippen molar-refractivity contribution in [2.75, 3.05) is 0 Å². The third kappa shape index (κ3) is 4.45. The van der Waals surface area contributed by atoms with Crippen LogP contribution in [0.2, 0.25) is 0 Å². The molecule has 3 atom stereocenters. The van der Waals surface area contributed by atoms with Gasteiger partial charge >= 0.3 is 0 Å². The van der Waals surface area contributed by atoms with Crippen molar-refractivity contribution in [3.8, 4) is 16.8 Å². The Balaban J connectivity index is 1.09. The first-order chi connectivity index (χ1) is 19.0. The fraction of sp³-hybridized carbons (Fsp3) is 0.276. The van der Waals surface area contributed by atoms with Gasteiger partial charge in [-0.25, -0.2) is 28.4 Å². The second-order valence-electron chi connectivity index (χ2n) is 10.5. The summed E-state index contributed by atoms with van der Waals surface area (Å²) in [5, 5.41) is 7.17. The first-order valence-corrected chi connectivity index (χ1v) is 13.1. The summed E-state index contributed by atoms with van der Waals surface area (Å²) in [7, 11) is 0. The van der Waals surface area contributed by atoms with E-state index in [1.165, 1.54) is 49.9 Å². The van der Waals surface area contributed by atoms with Gasteiger partial charge in [-0.15, -0.1) is 0 Å². The second kappa shape index (κ2) is 9.37. The molecule has 0 aliphatic heterocycles. The van der Waals surface area contributed by atoms with E-state index in [9.17, 15) is 13.6 Å². The molecule has 3 unspecified atom stereocenters. The largest absolute Gasteiger partial charge is 0.347 e. The van der Waals surface area contributed by atoms with Crippen LogP contribution in [0.4, 0.5) is 8.78 Å². The number of imidazole rings is 1. The third-order valence-corrected chi connectivity index (χ3v) is 8.03. The number of halogens is 2. The summed E-state index contributed by atoms with van der Waals surface area (Å²) < 4.78 is 29.4. The average Bonchev–Trinajstić information content (AvgIpc) is 3.75. The normalized spacial score (nSPS) is 20.1. The maximum absolute atomic E-state index is 14.5. The minimum absolute atomic E-state index is 0.106. The van der Waals surface area contributed by atoms with E-state index < -0.39 is 5.82 Å². The van der Waals surface area contributed by atoms with E-state index in [-0.39, 0.29) is 24.0 Å². The molecule has 0 saturated heterocycles. The van der Waals surface area contributed by atoms with Gasteiger partial charge < -0.3 is 10.3 Å². The molecular formula is C29H25F2N7O. The highest BCUT2D eigenvalue weighted by atomic mass is 19.1. The molecule has 3 heterocycles. The Morgan fingerprint density at radius 2 is 1.90 bits per heavy atom. The SMILES string of the molecule is O=C(NCc1cc(F)cc(-c2cnn(-c3ccc(F)cc3)c2)c1)c1ncnc2nc(C3CC4CCC3C4)[nH]c12. The van der Waals surface area contributed by atoms with Crippen molar-refractivity contribution in [2.24, 2.45) is 11.8 Å². The number of nitrogens with one attached hydrogen (secondary N) is 2. The molecule has 3 aromatic heterocycles. The molecule has 2 N–H and O–H groups in total. The Morgan fingerprint density at radius 3 is 2.69 bits per heavy atom. The number of rotatable bonds is 6. The van der Waals surface area contributed by atoms with Crippen molar-refractivity contribution in [2.45, 2.75) is 38.1 Å². The first-order valence-electron chi connectivity index (χ1n) is 13.1. The Morgan fingerprint density at radius 1 is 1.03 bits per heavy atom. The fourth-order valence-corrected chi connectivity index (χ4v) is 6.17. The molecule has 39 heavy (non-hydrogen) atoms. The molecule has 5 aromatic rings. The second-order valence-corrected chi connectivity index (χ2v) is 10.5. The van der Waals surface area contributed by atoms with Crippen LogP contribution in [0.5, 0.6) is 0 Å². The number of nitrogens with zero attached hydrogens (tertiary/aromatic N) is 5. The van der Waals surface area contributed by atoms with Crippen molar-refractivity contribution in [3.05, 3.63) is 89.9 Å². The zero-order valence-corrected chi connectivity index (χ0v) is 20.9. The number of hydrogen-bond acceptors (Lipinski definition) is 5. The van der Waals surface area contributed by atoms with Gasteiger partial charge in [0.1, 0.15) is 29.3 Å². The van der Waals surface area contributed by atoms with Crippen LogP contribution in [0, 0.1) is 23.5 Å². The predicted molar refractivity (Wildman–Crippen MR) is 140 cm³/mol. The van der Waals surface area contributed by atoms with Gasteiger partial charge in [0.15, 0.2) is 11.3 Å². The Hall–Kier alpha value is -4.47. The first kappa shape index (κ1) is 23.6. The quantitative estimate of drug-likeness (QED) is 0.313. The lowest BCUT2D eigenvalue weighted by molar-refractivity contribution is 0.0947. The zero-order chi connectivity index (χ0) is 26.5. The zero-order valence-electron chi connectivity index (χ0n) is 20.9. The minimum atomic E-state index is -0.431. The number of amides is 1. The van der Waals surface area contributed by atoms with E-state index >= 15 is 0 Å². The van der Waals surface area contributed by atoms with Gasteiger partial charge in [-0.2, -0.15) is 5.10 Å². The molecule has 0 spiro atoms. The van der Waals surface area contributed by atoms with Crippen molar-refractivity contribution >= 4 is 17.1 Å². The molecule has 8 nitrogen and oxygen atoms in total. The van der Waals surface area contributed by atoms with Crippen molar-refractivity contribution in [3.63, 3.8) is 0 Å². The highest BCUT2D eigenvalue weighted by Gasteiger charge is 2.41. The predicted octanol–water partition coefficient (Wildman–Crippen LogP) is 5.32. The molecule has 10 heteroatoms. The van der Waals surface area contributed by atoms with Crippen molar-refractivity contribution in [1.29, 1.82) is 0 Å². The van der Waals surface area contributed by atoms with Gasteiger partial charge in [0, 0.05) is 24.2 Å². The molecule has 0 radical (unpaired) electrons. The van der Waals surface area contributed by atoms with Crippen LogP contribution in [0.25, 0.3) is 28.0 Å². The molecule has 2 fully saturated rings. The summed E-state index contributed by atoms with van der Waals surface area (Å²) in [5.41, 5.74) is 3.81. The summed E-state index contributed by atoms with van der Waals surface area (Å²) in [6, 6.07) is 10.5. The van der Waals surface area contributed by atoms with Crippen LogP contribution in [0.3, 0.4) is 0 Å². The lowest BCUT2D eigenvalue weighted by atomic mass is 9.88. The van der Waals surface area contributed by atoms with E-state index in [4.69, 9.17) is 4.98 Å². The number of carbonyl (C=O) groups is 1. The maximum Gasteiger partial charge on any atom is 0.272 e. The number of carbonyl (C=O) groups excluding carboxylic acids is 1. The van der Waals surface area contributed by atoms with Crippen LogP contribution < -0.4 is 5.32 Å². The highest BCUT2D eigenvalue weighted by Crippen LogP contribution is 2.52. The fourth-order valence-electron chi connectivity index (χ4n) is 6.17. The molecule has 2 aliphatic rings. The van der Waals surface area contributed by atoms with Crippen molar-refractivity contribution < 1.29 is 13.6 Å². The Labute approximate surface area is 222 Å². The monoisotopic (exact) mass is 525 g/mol. The molecule has 2 saturated carbocycles. The summed E-state index contributed by atoms with van der Waals surface area (Å²) >= 11 is 0. The maximum atomic E-state index is 14.5. The van der Waals surface area contributed by atoms with Gasteiger partial charge in [0.05, 0.1) is 11.9 Å². The minimum Gasteiger partial charge on any atom is -0.347 e. The van der Waals surface area contributed by atoms with E-state index in [1.54, 1.807) is 35.3 Å². The van der Waals surface area contributed by atoms with Gasteiger partial charge in [-0.3, -0.25) is 4.79 Å². The third-order valence-electron chi connectivity index (χ3n) is 8.03. The van der Waals surface area contributed by atoms with Gasteiger partial charge in [-0.05, 0) is 84.7 Å². The Kier molecular flexibility index (Phi) is 5.68. The van der Waals surface area contributed by atoms with E-state index in [0.29, 0.717) is 45.4 Å². The standard InChI is InChI=1S/C29H25F2N7O/c30-21-3-5-23(6-4-21)38-14-20(13-35-38)19-8-17(9-22(31)11-19)12-32-29(39)26-25-28(34-15-33-26)37-27(36-25)24-10-16-1-2-18(24)7-16/h3-6,8-9,11,13-16,18,24H,1-2,7,10,12H2,(H,32,39)(H,33,34,36,37). The van der Waals surface area contributed by atoms with E-state index in [0.717, 1.165) is 18.2 Å². The Bertz CT molecular complexity index is 1690. The van der Waals surface area contributed by atoms with E-state index in [2.05, 4.69) is 25.4 Å². The van der Waals surface area contributed by atoms with Crippen LogP contribution >= 0.6 is 0 Å². The summed E-state index contributed by atoms with van der Waals surface area (Å²) in [6.45, 7) is 0.106. The topological polar surface area (TPSA) is 101 Å².